The van der Waals surface area contributed by atoms with Crippen LogP contribution in [0.1, 0.15) is 13.8 Å². The molecule has 4 nitrogen and oxygen atoms in total. The Bertz CT molecular complexity index is 122. The van der Waals surface area contributed by atoms with E-state index >= 15 is 0 Å². The molecule has 10 heavy (non-hydrogen) atoms. The molecule has 0 fully saturated rings. The van der Waals surface area contributed by atoms with Gasteiger partial charge in [0.25, 0.3) is 0 Å². The van der Waals surface area contributed by atoms with Crippen molar-refractivity contribution in [3.8, 4) is 0 Å². The van der Waals surface area contributed by atoms with Crippen LogP contribution in [0.15, 0.2) is 0 Å². The highest BCUT2D eigenvalue weighted by atomic mass is 32.7. The molecule has 0 rings (SSSR count). The standard InChI is InChI=1S/C4H12NO3PS/c1-3-7-9(6,10-5)8-4-2/h3-5H2,1-2H3. The molecule has 62 valence electrons. The zero-order valence-corrected chi connectivity index (χ0v) is 7.78. The fourth-order valence-corrected chi connectivity index (χ4v) is 2.24. The van der Waals surface area contributed by atoms with Crippen molar-refractivity contribution in [2.24, 2.45) is 5.14 Å². The van der Waals surface area contributed by atoms with E-state index in [4.69, 9.17) is 14.2 Å². The average molecular weight is 185 g/mol. The topological polar surface area (TPSA) is 61.5 Å². The molecule has 0 aliphatic rings. The number of hydrogen-bond donors (Lipinski definition) is 1. The van der Waals surface area contributed by atoms with E-state index in [-0.39, 0.29) is 0 Å². The zero-order chi connectivity index (χ0) is 8.04. The Morgan fingerprint density at radius 1 is 1.40 bits per heavy atom. The second-order valence-corrected chi connectivity index (χ2v) is 4.98. The lowest BCUT2D eigenvalue weighted by Crippen LogP contribution is -1.94. The fraction of sp³-hybridized carbons (Fsp3) is 1.00. The van der Waals surface area contributed by atoms with E-state index in [1.165, 1.54) is 0 Å². The summed E-state index contributed by atoms with van der Waals surface area (Å²) in [5.41, 5.74) is 0. The Morgan fingerprint density at radius 2 is 1.80 bits per heavy atom. The molecule has 0 aromatic heterocycles. The summed E-state index contributed by atoms with van der Waals surface area (Å²) < 4.78 is 20.8. The molecule has 0 unspecified atom stereocenters. The van der Waals surface area contributed by atoms with Gasteiger partial charge in [-0.3, -0.25) is 5.14 Å². The maximum absolute atomic E-state index is 11.2. The third-order valence-electron chi connectivity index (χ3n) is 0.704. The minimum absolute atomic E-state index is 0.349. The maximum Gasteiger partial charge on any atom is 0.403 e. The number of rotatable bonds is 5. The second kappa shape index (κ2) is 5.16. The van der Waals surface area contributed by atoms with Crippen molar-refractivity contribution in [1.82, 2.24) is 0 Å². The highest BCUT2D eigenvalue weighted by Gasteiger charge is 2.21. The van der Waals surface area contributed by atoms with Crippen LogP contribution in [0.3, 0.4) is 0 Å². The molecule has 0 bridgehead atoms. The van der Waals surface area contributed by atoms with E-state index in [9.17, 15) is 4.57 Å². The summed E-state index contributed by atoms with van der Waals surface area (Å²) in [7, 11) is 0. The first-order valence-corrected chi connectivity index (χ1v) is 5.99. The van der Waals surface area contributed by atoms with Gasteiger partial charge < -0.3 is 9.05 Å². The van der Waals surface area contributed by atoms with Gasteiger partial charge in [0.1, 0.15) is 0 Å². The third kappa shape index (κ3) is 3.58. The van der Waals surface area contributed by atoms with Gasteiger partial charge in [0.15, 0.2) is 0 Å². The van der Waals surface area contributed by atoms with Crippen molar-refractivity contribution in [2.75, 3.05) is 13.2 Å². The summed E-state index contributed by atoms with van der Waals surface area (Å²) in [6.45, 7) is 1.17. The summed E-state index contributed by atoms with van der Waals surface area (Å²) in [5, 5.41) is 5.08. The molecule has 0 saturated carbocycles. The largest absolute Gasteiger partial charge is 0.403 e. The second-order valence-electron chi connectivity index (χ2n) is 1.39. The van der Waals surface area contributed by atoms with Crippen LogP contribution in [-0.2, 0) is 13.6 Å². The smallest absolute Gasteiger partial charge is 0.300 e. The van der Waals surface area contributed by atoms with Crippen LogP contribution in [0.5, 0.6) is 0 Å². The van der Waals surface area contributed by atoms with E-state index in [0.29, 0.717) is 24.8 Å². The summed E-state index contributed by atoms with van der Waals surface area (Å²) >= 11 is 0.632. The van der Waals surface area contributed by atoms with Crippen LogP contribution >= 0.6 is 18.4 Å². The Balaban J connectivity index is 3.83. The lowest BCUT2D eigenvalue weighted by molar-refractivity contribution is 0.237. The van der Waals surface area contributed by atoms with Crippen LogP contribution in [0.25, 0.3) is 0 Å². The summed E-state index contributed by atoms with van der Waals surface area (Å²) in [5.74, 6) is 0. The fourth-order valence-electron chi connectivity index (χ4n) is 0.414. The average Bonchev–Trinajstić information content (AvgIpc) is 1.89. The quantitative estimate of drug-likeness (QED) is 0.522. The van der Waals surface area contributed by atoms with Crippen molar-refractivity contribution < 1.29 is 13.6 Å². The van der Waals surface area contributed by atoms with Gasteiger partial charge in [-0.2, -0.15) is 0 Å². The molecule has 0 heterocycles. The van der Waals surface area contributed by atoms with Crippen LogP contribution in [-0.4, -0.2) is 13.2 Å². The van der Waals surface area contributed by atoms with Gasteiger partial charge in [0.2, 0.25) is 0 Å². The lowest BCUT2D eigenvalue weighted by atomic mass is 10.9. The minimum Gasteiger partial charge on any atom is -0.300 e. The van der Waals surface area contributed by atoms with Gasteiger partial charge in [-0.15, -0.1) is 0 Å². The van der Waals surface area contributed by atoms with Gasteiger partial charge in [-0.05, 0) is 13.8 Å². The van der Waals surface area contributed by atoms with E-state index in [0.717, 1.165) is 0 Å². The van der Waals surface area contributed by atoms with Crippen LogP contribution in [0, 0.1) is 0 Å². The van der Waals surface area contributed by atoms with Crippen molar-refractivity contribution in [3.05, 3.63) is 0 Å². The van der Waals surface area contributed by atoms with Gasteiger partial charge in [0, 0.05) is 11.6 Å². The molecule has 0 spiro atoms. The molecular weight excluding hydrogens is 173 g/mol. The molecule has 0 aromatic rings. The molecule has 6 heteroatoms. The molecule has 2 N–H and O–H groups in total. The molecule has 0 aliphatic heterocycles. The Morgan fingerprint density at radius 3 is 2.00 bits per heavy atom. The van der Waals surface area contributed by atoms with E-state index in [1.54, 1.807) is 13.8 Å². The highest BCUT2D eigenvalue weighted by molar-refractivity contribution is 8.54. The van der Waals surface area contributed by atoms with Crippen molar-refractivity contribution >= 4 is 18.4 Å². The predicted octanol–water partition coefficient (Wildman–Crippen LogP) is 1.77. The molecule has 0 radical (unpaired) electrons. The Kier molecular flexibility index (Phi) is 5.39. The zero-order valence-electron chi connectivity index (χ0n) is 6.07. The van der Waals surface area contributed by atoms with Gasteiger partial charge in [-0.1, -0.05) is 0 Å². The predicted molar refractivity (Wildman–Crippen MR) is 42.6 cm³/mol. The SMILES string of the molecule is CCOP(=O)(OCC)SN. The van der Waals surface area contributed by atoms with Crippen LogP contribution in [0.4, 0.5) is 0 Å². The molecule has 0 amide bonds. The van der Waals surface area contributed by atoms with Gasteiger partial charge >= 0.3 is 6.80 Å². The van der Waals surface area contributed by atoms with Crippen molar-refractivity contribution in [1.29, 1.82) is 0 Å². The first kappa shape index (κ1) is 10.5. The van der Waals surface area contributed by atoms with Gasteiger partial charge in [-0.25, -0.2) is 4.57 Å². The minimum atomic E-state index is -3.01. The molecular formula is C4H12NO3PS. The van der Waals surface area contributed by atoms with Crippen LogP contribution in [0.2, 0.25) is 0 Å². The van der Waals surface area contributed by atoms with E-state index in [2.05, 4.69) is 0 Å². The van der Waals surface area contributed by atoms with E-state index in [1.807, 2.05) is 0 Å². The molecule has 0 saturated heterocycles. The van der Waals surface area contributed by atoms with Crippen LogP contribution < -0.4 is 5.14 Å². The first-order valence-electron chi connectivity index (χ1n) is 2.96. The highest BCUT2D eigenvalue weighted by Crippen LogP contribution is 2.57. The normalized spacial score (nSPS) is 11.9. The first-order chi connectivity index (χ1) is 4.68. The maximum atomic E-state index is 11.2. The molecule has 0 aliphatic carbocycles. The summed E-state index contributed by atoms with van der Waals surface area (Å²) in [4.78, 5) is 0. The van der Waals surface area contributed by atoms with Crippen molar-refractivity contribution in [2.45, 2.75) is 13.8 Å². The third-order valence-corrected chi connectivity index (χ3v) is 3.52. The Labute approximate surface area is 64.9 Å². The van der Waals surface area contributed by atoms with E-state index < -0.39 is 6.80 Å². The number of hydrogen-bond acceptors (Lipinski definition) is 5. The van der Waals surface area contributed by atoms with Crippen molar-refractivity contribution in [3.63, 3.8) is 0 Å². The monoisotopic (exact) mass is 185 g/mol. The number of nitrogens with two attached hydrogens (primary N) is 1. The lowest BCUT2D eigenvalue weighted by Gasteiger charge is -2.12. The van der Waals surface area contributed by atoms with Gasteiger partial charge in [0.05, 0.1) is 13.2 Å². The molecule has 0 aromatic carbocycles. The summed E-state index contributed by atoms with van der Waals surface area (Å²) in [6.07, 6.45) is 0. The Hall–Kier alpha value is 0.460. The summed E-state index contributed by atoms with van der Waals surface area (Å²) in [6, 6.07) is 0. The molecule has 0 atom stereocenters.